The standard InChI is InChI=1S/C15H20N2O2/c1-10(15(18)19-2)7-12(16)8-11-9-17-14-6-4-3-5-13(11)14/h3-6,9-10,12,17H,7-8,16H2,1-2H3/t10-,12+/m0/s1. The van der Waals surface area contributed by atoms with Gasteiger partial charge in [-0.3, -0.25) is 4.79 Å². The van der Waals surface area contributed by atoms with E-state index in [0.29, 0.717) is 6.42 Å². The van der Waals surface area contributed by atoms with Crippen molar-refractivity contribution < 1.29 is 9.53 Å². The summed E-state index contributed by atoms with van der Waals surface area (Å²) < 4.78 is 4.72. The number of esters is 1. The maximum absolute atomic E-state index is 11.4. The van der Waals surface area contributed by atoms with Crippen LogP contribution >= 0.6 is 0 Å². The SMILES string of the molecule is COC(=O)[C@@H](C)C[C@@H](N)Cc1c[nH]c2ccccc12. The number of aromatic amines is 1. The second-order valence-corrected chi connectivity index (χ2v) is 4.98. The van der Waals surface area contributed by atoms with Crippen LogP contribution in [-0.2, 0) is 16.0 Å². The molecule has 4 heteroatoms. The zero-order valence-corrected chi connectivity index (χ0v) is 11.3. The summed E-state index contributed by atoms with van der Waals surface area (Å²) in [5.74, 6) is -0.361. The van der Waals surface area contributed by atoms with E-state index in [1.165, 1.54) is 18.1 Å². The Bertz CT molecular complexity index is 562. The van der Waals surface area contributed by atoms with Crippen LogP contribution in [0, 0.1) is 5.92 Å². The van der Waals surface area contributed by atoms with Crippen molar-refractivity contribution >= 4 is 16.9 Å². The maximum Gasteiger partial charge on any atom is 0.308 e. The zero-order chi connectivity index (χ0) is 13.8. The quantitative estimate of drug-likeness (QED) is 0.810. The lowest BCUT2D eigenvalue weighted by molar-refractivity contribution is -0.145. The predicted octanol–water partition coefficient (Wildman–Crippen LogP) is 2.24. The summed E-state index contributed by atoms with van der Waals surface area (Å²) >= 11 is 0. The van der Waals surface area contributed by atoms with E-state index >= 15 is 0 Å². The lowest BCUT2D eigenvalue weighted by Gasteiger charge is -2.15. The third-order valence-electron chi connectivity index (χ3n) is 3.42. The molecule has 0 fully saturated rings. The van der Waals surface area contributed by atoms with Crippen LogP contribution in [0.2, 0.25) is 0 Å². The van der Waals surface area contributed by atoms with Crippen molar-refractivity contribution in [3.8, 4) is 0 Å². The first-order valence-corrected chi connectivity index (χ1v) is 6.50. The number of ether oxygens (including phenoxy) is 1. The number of carbonyl (C=O) groups is 1. The molecule has 0 aliphatic rings. The first-order chi connectivity index (χ1) is 9.11. The predicted molar refractivity (Wildman–Crippen MR) is 75.8 cm³/mol. The summed E-state index contributed by atoms with van der Waals surface area (Å²) in [7, 11) is 1.41. The van der Waals surface area contributed by atoms with Crippen LogP contribution in [0.15, 0.2) is 30.5 Å². The fourth-order valence-electron chi connectivity index (χ4n) is 2.42. The highest BCUT2D eigenvalue weighted by Crippen LogP contribution is 2.20. The van der Waals surface area contributed by atoms with Gasteiger partial charge in [-0.2, -0.15) is 0 Å². The van der Waals surface area contributed by atoms with Crippen LogP contribution in [0.25, 0.3) is 10.9 Å². The molecule has 0 amide bonds. The average molecular weight is 260 g/mol. The molecule has 1 heterocycles. The Balaban J connectivity index is 2.03. The summed E-state index contributed by atoms with van der Waals surface area (Å²) in [5.41, 5.74) is 8.44. The minimum Gasteiger partial charge on any atom is -0.469 e. The van der Waals surface area contributed by atoms with E-state index in [0.717, 1.165) is 11.9 Å². The van der Waals surface area contributed by atoms with Crippen LogP contribution in [0.4, 0.5) is 0 Å². The lowest BCUT2D eigenvalue weighted by Crippen LogP contribution is -2.28. The molecule has 0 bridgehead atoms. The highest BCUT2D eigenvalue weighted by molar-refractivity contribution is 5.83. The topological polar surface area (TPSA) is 68.1 Å². The number of para-hydroxylation sites is 1. The molecule has 2 rings (SSSR count). The van der Waals surface area contributed by atoms with Crippen molar-refractivity contribution in [1.29, 1.82) is 0 Å². The van der Waals surface area contributed by atoms with Gasteiger partial charge in [0, 0.05) is 23.1 Å². The molecule has 1 aromatic heterocycles. The molecule has 3 N–H and O–H groups in total. The van der Waals surface area contributed by atoms with Gasteiger partial charge in [-0.05, 0) is 24.5 Å². The van der Waals surface area contributed by atoms with E-state index in [9.17, 15) is 4.79 Å². The summed E-state index contributed by atoms with van der Waals surface area (Å²) in [5, 5.41) is 1.20. The number of methoxy groups -OCH3 is 1. The monoisotopic (exact) mass is 260 g/mol. The number of fused-ring (bicyclic) bond motifs is 1. The van der Waals surface area contributed by atoms with Gasteiger partial charge in [0.15, 0.2) is 0 Å². The van der Waals surface area contributed by atoms with Gasteiger partial charge in [0.2, 0.25) is 0 Å². The molecular formula is C15H20N2O2. The van der Waals surface area contributed by atoms with Crippen LogP contribution < -0.4 is 5.73 Å². The Morgan fingerprint density at radius 1 is 1.42 bits per heavy atom. The van der Waals surface area contributed by atoms with Crippen molar-refractivity contribution in [2.75, 3.05) is 7.11 Å². The normalized spacial score (nSPS) is 14.3. The van der Waals surface area contributed by atoms with Crippen molar-refractivity contribution in [3.63, 3.8) is 0 Å². The van der Waals surface area contributed by atoms with E-state index in [4.69, 9.17) is 10.5 Å². The van der Waals surface area contributed by atoms with E-state index in [1.807, 2.05) is 31.3 Å². The Morgan fingerprint density at radius 2 is 2.16 bits per heavy atom. The van der Waals surface area contributed by atoms with Crippen molar-refractivity contribution in [2.45, 2.75) is 25.8 Å². The smallest absolute Gasteiger partial charge is 0.308 e. The van der Waals surface area contributed by atoms with Crippen LogP contribution in [0.3, 0.4) is 0 Å². The summed E-state index contributed by atoms with van der Waals surface area (Å²) in [6.45, 7) is 1.85. The highest BCUT2D eigenvalue weighted by Gasteiger charge is 2.18. The number of H-pyrrole nitrogens is 1. The largest absolute Gasteiger partial charge is 0.469 e. The number of carbonyl (C=O) groups excluding carboxylic acids is 1. The van der Waals surface area contributed by atoms with Gasteiger partial charge in [0.05, 0.1) is 13.0 Å². The maximum atomic E-state index is 11.4. The molecule has 0 spiro atoms. The molecule has 0 saturated heterocycles. The van der Waals surface area contributed by atoms with Crippen molar-refractivity contribution in [2.24, 2.45) is 11.7 Å². The molecular weight excluding hydrogens is 240 g/mol. The Hall–Kier alpha value is -1.81. The van der Waals surface area contributed by atoms with E-state index in [1.54, 1.807) is 0 Å². The van der Waals surface area contributed by atoms with Crippen LogP contribution in [0.5, 0.6) is 0 Å². The van der Waals surface area contributed by atoms with Gasteiger partial charge in [0.25, 0.3) is 0 Å². The van der Waals surface area contributed by atoms with Gasteiger partial charge in [0.1, 0.15) is 0 Å². The molecule has 2 aromatic rings. The van der Waals surface area contributed by atoms with E-state index < -0.39 is 0 Å². The van der Waals surface area contributed by atoms with Crippen LogP contribution in [0.1, 0.15) is 18.9 Å². The third-order valence-corrected chi connectivity index (χ3v) is 3.42. The van der Waals surface area contributed by atoms with E-state index in [2.05, 4.69) is 11.1 Å². The minimum absolute atomic E-state index is 0.0479. The first-order valence-electron chi connectivity index (χ1n) is 6.50. The van der Waals surface area contributed by atoms with Gasteiger partial charge >= 0.3 is 5.97 Å². The summed E-state index contributed by atoms with van der Waals surface area (Å²) in [6, 6.07) is 8.09. The van der Waals surface area contributed by atoms with Crippen molar-refractivity contribution in [1.82, 2.24) is 4.98 Å². The molecule has 0 radical (unpaired) electrons. The number of aromatic nitrogens is 1. The first kappa shape index (κ1) is 13.6. The van der Waals surface area contributed by atoms with Gasteiger partial charge < -0.3 is 15.5 Å². The van der Waals surface area contributed by atoms with Gasteiger partial charge in [-0.1, -0.05) is 25.1 Å². The summed E-state index contributed by atoms with van der Waals surface area (Å²) in [6.07, 6.45) is 3.38. The van der Waals surface area contributed by atoms with Gasteiger partial charge in [-0.15, -0.1) is 0 Å². The lowest BCUT2D eigenvalue weighted by atomic mass is 9.97. The van der Waals surface area contributed by atoms with E-state index in [-0.39, 0.29) is 17.9 Å². The number of nitrogens with two attached hydrogens (primary N) is 1. The molecule has 19 heavy (non-hydrogen) atoms. The number of nitrogens with one attached hydrogen (secondary N) is 1. The molecule has 4 nitrogen and oxygen atoms in total. The second kappa shape index (κ2) is 5.89. The van der Waals surface area contributed by atoms with Crippen LogP contribution in [-0.4, -0.2) is 24.1 Å². The Morgan fingerprint density at radius 3 is 2.89 bits per heavy atom. The highest BCUT2D eigenvalue weighted by atomic mass is 16.5. The summed E-state index contributed by atoms with van der Waals surface area (Å²) in [4.78, 5) is 14.6. The fraction of sp³-hybridized carbons (Fsp3) is 0.400. The molecule has 0 aliphatic carbocycles. The molecule has 0 saturated carbocycles. The zero-order valence-electron chi connectivity index (χ0n) is 11.3. The fourth-order valence-corrected chi connectivity index (χ4v) is 2.42. The molecule has 0 aliphatic heterocycles. The second-order valence-electron chi connectivity index (χ2n) is 4.98. The van der Waals surface area contributed by atoms with Gasteiger partial charge in [-0.25, -0.2) is 0 Å². The molecule has 1 aromatic carbocycles. The number of hydrogen-bond acceptors (Lipinski definition) is 3. The Labute approximate surface area is 112 Å². The number of benzene rings is 1. The number of rotatable bonds is 5. The number of hydrogen-bond donors (Lipinski definition) is 2. The Kier molecular flexibility index (Phi) is 4.22. The van der Waals surface area contributed by atoms with Crippen molar-refractivity contribution in [3.05, 3.63) is 36.0 Å². The average Bonchev–Trinajstić information content (AvgIpc) is 2.81. The minimum atomic E-state index is -0.200. The molecule has 0 unspecified atom stereocenters. The molecule has 102 valence electrons. The third kappa shape index (κ3) is 3.15. The molecule has 2 atom stereocenters.